The van der Waals surface area contributed by atoms with Crippen LogP contribution in [0.15, 0.2) is 24.3 Å². The van der Waals surface area contributed by atoms with Crippen LogP contribution in [-0.4, -0.2) is 63.4 Å². The summed E-state index contributed by atoms with van der Waals surface area (Å²) in [4.78, 5) is 4.98. The van der Waals surface area contributed by atoms with Gasteiger partial charge in [-0.3, -0.25) is 4.90 Å². The Morgan fingerprint density at radius 2 is 1.90 bits per heavy atom. The maximum atomic E-state index is 5.95. The van der Waals surface area contributed by atoms with Gasteiger partial charge in [0.05, 0.1) is 12.7 Å². The maximum Gasteiger partial charge on any atom is 0.0712 e. The van der Waals surface area contributed by atoms with E-state index in [1.54, 1.807) is 0 Å². The van der Waals surface area contributed by atoms with Crippen molar-refractivity contribution >= 4 is 17.3 Å². The molecule has 1 aromatic carbocycles. The fraction of sp³-hybridized carbons (Fsp3) is 0.625. The molecule has 2 fully saturated rings. The number of rotatable bonds is 4. The van der Waals surface area contributed by atoms with Crippen molar-refractivity contribution in [3.05, 3.63) is 29.3 Å². The number of benzene rings is 1. The van der Waals surface area contributed by atoms with Gasteiger partial charge >= 0.3 is 0 Å². The molecule has 0 spiro atoms. The molecule has 2 aliphatic rings. The van der Waals surface area contributed by atoms with Gasteiger partial charge in [-0.25, -0.2) is 0 Å². The summed E-state index contributed by atoms with van der Waals surface area (Å²) < 4.78 is 5.76. The molecule has 2 aliphatic heterocycles. The van der Waals surface area contributed by atoms with Gasteiger partial charge in [-0.05, 0) is 30.7 Å². The lowest BCUT2D eigenvalue weighted by atomic mass is 10.2. The van der Waals surface area contributed by atoms with Crippen LogP contribution in [0.5, 0.6) is 0 Å². The molecule has 3 rings (SSSR count). The van der Waals surface area contributed by atoms with Crippen LogP contribution in [-0.2, 0) is 4.74 Å². The summed E-state index contributed by atoms with van der Waals surface area (Å²) in [5.74, 6) is 0. The molecule has 2 saturated heterocycles. The Kier molecular flexibility index (Phi) is 5.36. The van der Waals surface area contributed by atoms with Gasteiger partial charge in [0.25, 0.3) is 0 Å². The van der Waals surface area contributed by atoms with Crippen molar-refractivity contribution in [1.29, 1.82) is 0 Å². The number of hydrogen-bond donors (Lipinski definition) is 1. The molecule has 1 N–H and O–H groups in total. The van der Waals surface area contributed by atoms with E-state index in [2.05, 4.69) is 27.2 Å². The van der Waals surface area contributed by atoms with Crippen LogP contribution in [0.3, 0.4) is 0 Å². The normalized spacial score (nSPS) is 24.2. The van der Waals surface area contributed by atoms with Crippen LogP contribution >= 0.6 is 11.6 Å². The highest BCUT2D eigenvalue weighted by atomic mass is 35.5. The molecule has 1 aromatic rings. The molecule has 1 unspecified atom stereocenters. The highest BCUT2D eigenvalue weighted by Crippen LogP contribution is 2.19. The molecule has 2 heterocycles. The van der Waals surface area contributed by atoms with Crippen LogP contribution in [0, 0.1) is 0 Å². The summed E-state index contributed by atoms with van der Waals surface area (Å²) in [6.45, 7) is 8.43. The van der Waals surface area contributed by atoms with Crippen molar-refractivity contribution in [2.45, 2.75) is 12.5 Å². The van der Waals surface area contributed by atoms with Gasteiger partial charge in [0.1, 0.15) is 0 Å². The Balaban J connectivity index is 1.41. The zero-order valence-corrected chi connectivity index (χ0v) is 13.2. The van der Waals surface area contributed by atoms with Crippen LogP contribution in [0.2, 0.25) is 5.02 Å². The number of piperazine rings is 1. The minimum absolute atomic E-state index is 0.396. The molecule has 0 bridgehead atoms. The van der Waals surface area contributed by atoms with E-state index in [4.69, 9.17) is 16.3 Å². The van der Waals surface area contributed by atoms with Gasteiger partial charge in [0, 0.05) is 56.5 Å². The average Bonchev–Trinajstić information content (AvgIpc) is 2.55. The van der Waals surface area contributed by atoms with E-state index in [-0.39, 0.29) is 0 Å². The highest BCUT2D eigenvalue weighted by molar-refractivity contribution is 6.30. The second-order valence-electron chi connectivity index (χ2n) is 5.79. The summed E-state index contributed by atoms with van der Waals surface area (Å²) >= 11 is 5.95. The molecule has 21 heavy (non-hydrogen) atoms. The first-order chi connectivity index (χ1) is 10.3. The number of nitrogens with zero attached hydrogens (tertiary/aromatic N) is 2. The predicted molar refractivity (Wildman–Crippen MR) is 87.3 cm³/mol. The summed E-state index contributed by atoms with van der Waals surface area (Å²) in [7, 11) is 0. The van der Waals surface area contributed by atoms with Crippen molar-refractivity contribution in [3.8, 4) is 0 Å². The van der Waals surface area contributed by atoms with Crippen LogP contribution in [0.25, 0.3) is 0 Å². The third-order valence-corrected chi connectivity index (χ3v) is 4.59. The summed E-state index contributed by atoms with van der Waals surface area (Å²) in [5.41, 5.74) is 1.28. The summed E-state index contributed by atoms with van der Waals surface area (Å²) in [5, 5.41) is 4.20. The summed E-state index contributed by atoms with van der Waals surface area (Å²) in [6.07, 6.45) is 1.53. The van der Waals surface area contributed by atoms with Gasteiger partial charge in [0.2, 0.25) is 0 Å². The molecular formula is C16H24ClN3O. The molecule has 0 saturated carbocycles. The Labute approximate surface area is 132 Å². The van der Waals surface area contributed by atoms with Crippen LogP contribution in [0.1, 0.15) is 6.42 Å². The van der Waals surface area contributed by atoms with Crippen LogP contribution in [0.4, 0.5) is 5.69 Å². The number of anilines is 1. The van der Waals surface area contributed by atoms with E-state index in [0.717, 1.165) is 63.9 Å². The quantitative estimate of drug-likeness (QED) is 0.918. The lowest BCUT2D eigenvalue weighted by molar-refractivity contribution is 0.0171. The van der Waals surface area contributed by atoms with Crippen molar-refractivity contribution in [2.24, 2.45) is 0 Å². The standard InChI is InChI=1S/C16H24ClN3O/c17-14-1-3-15(4-2-14)20-10-8-19(9-11-20)7-5-16-13-18-6-12-21-16/h1-4,16,18H,5-13H2. The minimum atomic E-state index is 0.396. The molecule has 4 nitrogen and oxygen atoms in total. The van der Waals surface area contributed by atoms with E-state index < -0.39 is 0 Å². The zero-order chi connectivity index (χ0) is 14.5. The number of ether oxygens (including phenoxy) is 1. The van der Waals surface area contributed by atoms with E-state index in [1.807, 2.05) is 12.1 Å². The van der Waals surface area contributed by atoms with Gasteiger partial charge in [0.15, 0.2) is 0 Å². The Bertz CT molecular complexity index is 426. The zero-order valence-electron chi connectivity index (χ0n) is 12.4. The number of halogens is 1. The first-order valence-corrected chi connectivity index (χ1v) is 8.24. The van der Waals surface area contributed by atoms with Crippen molar-refractivity contribution in [2.75, 3.05) is 57.3 Å². The first-order valence-electron chi connectivity index (χ1n) is 7.86. The molecule has 0 aromatic heterocycles. The maximum absolute atomic E-state index is 5.95. The molecule has 116 valence electrons. The van der Waals surface area contributed by atoms with E-state index >= 15 is 0 Å². The van der Waals surface area contributed by atoms with Crippen molar-refractivity contribution in [3.63, 3.8) is 0 Å². The molecule has 5 heteroatoms. The Hall–Kier alpha value is -0.810. The molecule has 0 amide bonds. The van der Waals surface area contributed by atoms with Crippen LogP contribution < -0.4 is 10.2 Å². The second kappa shape index (κ2) is 7.45. The van der Waals surface area contributed by atoms with E-state index in [1.165, 1.54) is 5.69 Å². The fourth-order valence-electron chi connectivity index (χ4n) is 3.01. The van der Waals surface area contributed by atoms with Gasteiger partial charge < -0.3 is 15.0 Å². The van der Waals surface area contributed by atoms with Crippen molar-refractivity contribution < 1.29 is 4.74 Å². The Morgan fingerprint density at radius 3 is 2.57 bits per heavy atom. The molecule has 0 radical (unpaired) electrons. The number of morpholine rings is 1. The minimum Gasteiger partial charge on any atom is -0.376 e. The lowest BCUT2D eigenvalue weighted by Crippen LogP contribution is -2.48. The van der Waals surface area contributed by atoms with Gasteiger partial charge in [-0.15, -0.1) is 0 Å². The predicted octanol–water partition coefficient (Wildman–Crippen LogP) is 1.84. The molecule has 0 aliphatic carbocycles. The SMILES string of the molecule is Clc1ccc(N2CCN(CCC3CNCCO3)CC2)cc1. The third-order valence-electron chi connectivity index (χ3n) is 4.34. The number of hydrogen-bond acceptors (Lipinski definition) is 4. The summed E-state index contributed by atoms with van der Waals surface area (Å²) in [6, 6.07) is 8.16. The van der Waals surface area contributed by atoms with E-state index in [9.17, 15) is 0 Å². The molecular weight excluding hydrogens is 286 g/mol. The largest absolute Gasteiger partial charge is 0.376 e. The average molecular weight is 310 g/mol. The third kappa shape index (κ3) is 4.33. The fourth-order valence-corrected chi connectivity index (χ4v) is 3.14. The van der Waals surface area contributed by atoms with Gasteiger partial charge in [-0.2, -0.15) is 0 Å². The lowest BCUT2D eigenvalue weighted by Gasteiger charge is -2.37. The second-order valence-corrected chi connectivity index (χ2v) is 6.23. The van der Waals surface area contributed by atoms with Crippen molar-refractivity contribution in [1.82, 2.24) is 10.2 Å². The van der Waals surface area contributed by atoms with Gasteiger partial charge in [-0.1, -0.05) is 11.6 Å². The monoisotopic (exact) mass is 309 g/mol. The first kappa shape index (κ1) is 15.1. The molecule has 1 atom stereocenters. The van der Waals surface area contributed by atoms with E-state index in [0.29, 0.717) is 6.10 Å². The topological polar surface area (TPSA) is 27.7 Å². The smallest absolute Gasteiger partial charge is 0.0712 e. The highest BCUT2D eigenvalue weighted by Gasteiger charge is 2.19. The number of nitrogens with one attached hydrogen (secondary N) is 1. The Morgan fingerprint density at radius 1 is 1.14 bits per heavy atom.